The lowest BCUT2D eigenvalue weighted by molar-refractivity contribution is -0.384. The average molecular weight is 512 g/mol. The standard InChI is InChI=1S/C29H25N3O6/c33-25(34)15-13-21-19-5-1-3-7-23(19)30-28(21)27(17-9-11-18(12-10-17)32(37)38)29-22(14-16-26(35)36)20-6-2-4-8-24(20)31-29/h1-12,27,30-31H,13-16H2,(H,33,34)(H,35,36). The highest BCUT2D eigenvalue weighted by atomic mass is 16.6. The van der Waals surface area contributed by atoms with Crippen LogP contribution < -0.4 is 0 Å². The number of nitrogens with zero attached hydrogens (tertiary/aromatic N) is 1. The van der Waals surface area contributed by atoms with E-state index < -0.39 is 22.8 Å². The summed E-state index contributed by atoms with van der Waals surface area (Å²) in [5.41, 5.74) is 5.62. The van der Waals surface area contributed by atoms with Crippen LogP contribution in [0.1, 0.15) is 46.8 Å². The highest BCUT2D eigenvalue weighted by Gasteiger charge is 2.29. The Hall–Kier alpha value is -4.92. The molecule has 9 nitrogen and oxygen atoms in total. The molecule has 0 atom stereocenters. The molecule has 0 saturated heterocycles. The summed E-state index contributed by atoms with van der Waals surface area (Å²) in [6, 6.07) is 21.6. The van der Waals surface area contributed by atoms with Crippen LogP contribution in [0.15, 0.2) is 72.8 Å². The van der Waals surface area contributed by atoms with Gasteiger partial charge in [-0.15, -0.1) is 0 Å². The third-order valence-electron chi connectivity index (χ3n) is 6.89. The van der Waals surface area contributed by atoms with Gasteiger partial charge in [0.05, 0.1) is 10.8 Å². The Bertz CT molecular complexity index is 1570. The van der Waals surface area contributed by atoms with Crippen molar-refractivity contribution in [2.75, 3.05) is 0 Å². The van der Waals surface area contributed by atoms with Gasteiger partial charge >= 0.3 is 11.9 Å². The Labute approximate surface area is 216 Å². The zero-order valence-electron chi connectivity index (χ0n) is 20.3. The molecule has 0 aliphatic carbocycles. The molecule has 5 aromatic rings. The second kappa shape index (κ2) is 10.2. The van der Waals surface area contributed by atoms with E-state index in [1.165, 1.54) is 12.1 Å². The van der Waals surface area contributed by atoms with E-state index in [1.807, 2.05) is 48.5 Å². The van der Waals surface area contributed by atoms with Gasteiger partial charge in [-0.3, -0.25) is 19.7 Å². The fraction of sp³-hybridized carbons (Fsp3) is 0.172. The lowest BCUT2D eigenvalue weighted by Crippen LogP contribution is -2.11. The van der Waals surface area contributed by atoms with E-state index in [0.29, 0.717) is 0 Å². The Kier molecular flexibility index (Phi) is 6.66. The first-order valence-electron chi connectivity index (χ1n) is 12.2. The first-order valence-corrected chi connectivity index (χ1v) is 12.2. The van der Waals surface area contributed by atoms with Crippen LogP contribution in [-0.2, 0) is 22.4 Å². The smallest absolute Gasteiger partial charge is 0.303 e. The maximum absolute atomic E-state index is 11.5. The summed E-state index contributed by atoms with van der Waals surface area (Å²) >= 11 is 0. The largest absolute Gasteiger partial charge is 0.481 e. The van der Waals surface area contributed by atoms with E-state index in [4.69, 9.17) is 0 Å². The molecule has 0 amide bonds. The van der Waals surface area contributed by atoms with Crippen LogP contribution in [0, 0.1) is 10.1 Å². The number of aromatic nitrogens is 2. The molecular formula is C29H25N3O6. The molecule has 2 heterocycles. The maximum Gasteiger partial charge on any atom is 0.303 e. The predicted molar refractivity (Wildman–Crippen MR) is 143 cm³/mol. The minimum atomic E-state index is -0.916. The Morgan fingerprint density at radius 2 is 1.18 bits per heavy atom. The molecular weight excluding hydrogens is 486 g/mol. The fourth-order valence-corrected chi connectivity index (χ4v) is 5.20. The molecule has 5 rings (SSSR count). The van der Waals surface area contributed by atoms with Crippen molar-refractivity contribution in [3.8, 4) is 0 Å². The fourth-order valence-electron chi connectivity index (χ4n) is 5.20. The van der Waals surface area contributed by atoms with Crippen LogP contribution >= 0.6 is 0 Å². The number of hydrogen-bond donors (Lipinski definition) is 4. The number of benzene rings is 3. The third kappa shape index (κ3) is 4.73. The molecule has 0 saturated carbocycles. The Morgan fingerprint density at radius 1 is 0.737 bits per heavy atom. The van der Waals surface area contributed by atoms with Crippen molar-refractivity contribution in [2.24, 2.45) is 0 Å². The summed E-state index contributed by atoms with van der Waals surface area (Å²) < 4.78 is 0. The molecule has 4 N–H and O–H groups in total. The van der Waals surface area contributed by atoms with Gasteiger partial charge in [0.2, 0.25) is 0 Å². The molecule has 192 valence electrons. The maximum atomic E-state index is 11.5. The number of aromatic amines is 2. The predicted octanol–water partition coefficient (Wildman–Crippen LogP) is 5.77. The van der Waals surface area contributed by atoms with Crippen LogP contribution in [0.2, 0.25) is 0 Å². The van der Waals surface area contributed by atoms with Gasteiger partial charge in [0.15, 0.2) is 0 Å². The number of carbonyl (C=O) groups is 2. The molecule has 0 aliphatic heterocycles. The molecule has 9 heteroatoms. The number of nitrogens with one attached hydrogen (secondary N) is 2. The number of non-ortho nitro benzene ring substituents is 1. The summed E-state index contributed by atoms with van der Waals surface area (Å²) in [6.45, 7) is 0. The summed E-state index contributed by atoms with van der Waals surface area (Å²) in [5.74, 6) is -2.31. The molecule has 0 radical (unpaired) electrons. The number of hydrogen-bond acceptors (Lipinski definition) is 4. The highest BCUT2D eigenvalue weighted by Crippen LogP contribution is 2.41. The van der Waals surface area contributed by atoms with Crippen LogP contribution in [0.25, 0.3) is 21.8 Å². The van der Waals surface area contributed by atoms with Gasteiger partial charge in [0, 0.05) is 58.2 Å². The van der Waals surface area contributed by atoms with E-state index >= 15 is 0 Å². The van der Waals surface area contributed by atoms with Crippen molar-refractivity contribution in [1.82, 2.24) is 9.97 Å². The Morgan fingerprint density at radius 3 is 1.61 bits per heavy atom. The van der Waals surface area contributed by atoms with Crippen molar-refractivity contribution in [3.63, 3.8) is 0 Å². The van der Waals surface area contributed by atoms with Gasteiger partial charge in [-0.05, 0) is 41.7 Å². The molecule has 38 heavy (non-hydrogen) atoms. The van der Waals surface area contributed by atoms with E-state index in [0.717, 1.165) is 49.9 Å². The molecule has 3 aromatic carbocycles. The molecule has 0 bridgehead atoms. The molecule has 0 unspecified atom stereocenters. The van der Waals surface area contributed by atoms with Crippen LogP contribution in [0.5, 0.6) is 0 Å². The van der Waals surface area contributed by atoms with E-state index in [-0.39, 0.29) is 31.4 Å². The topological polar surface area (TPSA) is 149 Å². The number of carboxylic acid groups (broad SMARTS) is 2. The summed E-state index contributed by atoms with van der Waals surface area (Å²) in [4.78, 5) is 41.0. The monoisotopic (exact) mass is 511 g/mol. The minimum absolute atomic E-state index is 0.0435. The van der Waals surface area contributed by atoms with Crippen LogP contribution in [0.4, 0.5) is 5.69 Å². The number of nitro groups is 1. The number of rotatable bonds is 10. The number of aliphatic carboxylic acids is 2. The van der Waals surface area contributed by atoms with Gasteiger partial charge in [-0.2, -0.15) is 0 Å². The van der Waals surface area contributed by atoms with Crippen molar-refractivity contribution in [1.29, 1.82) is 0 Å². The Balaban J connectivity index is 1.78. The quantitative estimate of drug-likeness (QED) is 0.138. The number of H-pyrrole nitrogens is 2. The molecule has 0 aliphatic rings. The highest BCUT2D eigenvalue weighted by molar-refractivity contribution is 5.88. The number of para-hydroxylation sites is 2. The van der Waals surface area contributed by atoms with Gasteiger partial charge in [-0.25, -0.2) is 0 Å². The number of carboxylic acids is 2. The first-order chi connectivity index (χ1) is 18.3. The van der Waals surface area contributed by atoms with Crippen molar-refractivity contribution in [3.05, 3.63) is 111 Å². The van der Waals surface area contributed by atoms with E-state index in [2.05, 4.69) is 9.97 Å². The lowest BCUT2D eigenvalue weighted by Gasteiger charge is -2.20. The minimum Gasteiger partial charge on any atom is -0.481 e. The average Bonchev–Trinajstić information content (AvgIpc) is 3.45. The van der Waals surface area contributed by atoms with Crippen molar-refractivity contribution in [2.45, 2.75) is 31.6 Å². The number of fused-ring (bicyclic) bond motifs is 2. The normalized spacial score (nSPS) is 11.4. The second-order valence-electron chi connectivity index (χ2n) is 9.19. The van der Waals surface area contributed by atoms with Gasteiger partial charge in [0.1, 0.15) is 0 Å². The summed E-state index contributed by atoms with van der Waals surface area (Å²) in [7, 11) is 0. The molecule has 0 fully saturated rings. The number of nitro benzene ring substituents is 1. The summed E-state index contributed by atoms with van der Waals surface area (Å²) in [5, 5.41) is 32.1. The van der Waals surface area contributed by atoms with Crippen LogP contribution in [0.3, 0.4) is 0 Å². The molecule has 0 spiro atoms. The lowest BCUT2D eigenvalue weighted by atomic mass is 9.85. The van der Waals surface area contributed by atoms with Crippen LogP contribution in [-0.4, -0.2) is 37.0 Å². The number of aryl methyl sites for hydroxylation is 2. The zero-order chi connectivity index (χ0) is 26.8. The van der Waals surface area contributed by atoms with E-state index in [1.54, 1.807) is 12.1 Å². The van der Waals surface area contributed by atoms with Gasteiger partial charge in [0.25, 0.3) is 5.69 Å². The van der Waals surface area contributed by atoms with Crippen molar-refractivity contribution >= 4 is 39.4 Å². The SMILES string of the molecule is O=C(O)CCc1c(C(c2ccc([N+](=O)[O-])cc2)c2[nH]c3ccccc3c2CCC(=O)O)[nH]c2ccccc12. The van der Waals surface area contributed by atoms with Gasteiger partial charge in [-0.1, -0.05) is 48.5 Å². The second-order valence-corrected chi connectivity index (χ2v) is 9.19. The van der Waals surface area contributed by atoms with Crippen molar-refractivity contribution < 1.29 is 24.7 Å². The van der Waals surface area contributed by atoms with Gasteiger partial charge < -0.3 is 20.2 Å². The summed E-state index contributed by atoms with van der Waals surface area (Å²) in [6.07, 6.45) is 0.423. The molecule has 2 aromatic heterocycles. The third-order valence-corrected chi connectivity index (χ3v) is 6.89. The van der Waals surface area contributed by atoms with E-state index in [9.17, 15) is 29.9 Å². The zero-order valence-corrected chi connectivity index (χ0v) is 20.3. The first kappa shape index (κ1) is 24.8.